The maximum atomic E-state index is 11.2. The zero-order chi connectivity index (χ0) is 14.8. The summed E-state index contributed by atoms with van der Waals surface area (Å²) >= 11 is 0. The Labute approximate surface area is 111 Å². The molecule has 0 aromatic carbocycles. The van der Waals surface area contributed by atoms with Gasteiger partial charge in [-0.15, -0.1) is 0 Å². The summed E-state index contributed by atoms with van der Waals surface area (Å²) in [5, 5.41) is 2.23. The van der Waals surface area contributed by atoms with Crippen LogP contribution in [0.15, 0.2) is 24.8 Å². The minimum Gasteiger partial charge on any atom is -0.458 e. The first-order valence-corrected chi connectivity index (χ1v) is 5.40. The molecule has 0 aromatic heterocycles. The van der Waals surface area contributed by atoms with E-state index in [0.717, 1.165) is 6.08 Å². The summed E-state index contributed by atoms with van der Waals surface area (Å²) in [4.78, 5) is 33.2. The van der Waals surface area contributed by atoms with Gasteiger partial charge in [-0.2, -0.15) is 0 Å². The van der Waals surface area contributed by atoms with Crippen molar-refractivity contribution in [3.05, 3.63) is 24.8 Å². The number of carbonyl (C=O) groups excluding carboxylic acids is 3. The SMILES string of the molecule is C=CC(=O)OCC(COC(=O)C(=C)C)OC(=O)NC. The van der Waals surface area contributed by atoms with Crippen LogP contribution in [-0.4, -0.2) is 44.4 Å². The van der Waals surface area contributed by atoms with Gasteiger partial charge in [0.15, 0.2) is 6.10 Å². The Bertz CT molecular complexity index is 376. The first kappa shape index (κ1) is 16.7. The molecule has 0 aliphatic rings. The molecule has 1 atom stereocenters. The Balaban J connectivity index is 4.36. The summed E-state index contributed by atoms with van der Waals surface area (Å²) in [6.45, 7) is 7.61. The molecule has 1 amide bonds. The lowest BCUT2D eigenvalue weighted by Gasteiger charge is -2.17. The van der Waals surface area contributed by atoms with E-state index in [1.54, 1.807) is 0 Å². The van der Waals surface area contributed by atoms with E-state index < -0.39 is 24.1 Å². The lowest BCUT2D eigenvalue weighted by molar-refractivity contribution is -0.147. The van der Waals surface area contributed by atoms with Crippen molar-refractivity contribution in [3.63, 3.8) is 0 Å². The summed E-state index contributed by atoms with van der Waals surface area (Å²) in [6.07, 6.45) is -0.671. The quantitative estimate of drug-likeness (QED) is 0.413. The molecule has 0 saturated heterocycles. The largest absolute Gasteiger partial charge is 0.458 e. The minimum atomic E-state index is -0.910. The third kappa shape index (κ3) is 7.58. The van der Waals surface area contributed by atoms with Crippen molar-refractivity contribution >= 4 is 18.0 Å². The van der Waals surface area contributed by atoms with Gasteiger partial charge in [0, 0.05) is 18.7 Å². The highest BCUT2D eigenvalue weighted by molar-refractivity contribution is 5.87. The number of esters is 2. The average molecular weight is 271 g/mol. The number of rotatable bonds is 7. The van der Waals surface area contributed by atoms with Gasteiger partial charge in [-0.05, 0) is 6.92 Å². The number of hydrogen-bond donors (Lipinski definition) is 1. The van der Waals surface area contributed by atoms with Gasteiger partial charge < -0.3 is 19.5 Å². The highest BCUT2D eigenvalue weighted by Gasteiger charge is 2.18. The molecule has 0 rings (SSSR count). The number of ether oxygens (including phenoxy) is 3. The van der Waals surface area contributed by atoms with Gasteiger partial charge in [-0.1, -0.05) is 13.2 Å². The molecule has 19 heavy (non-hydrogen) atoms. The van der Waals surface area contributed by atoms with Gasteiger partial charge in [0.25, 0.3) is 0 Å². The topological polar surface area (TPSA) is 90.9 Å². The zero-order valence-corrected chi connectivity index (χ0v) is 10.9. The molecule has 0 spiro atoms. The first-order chi connectivity index (χ1) is 8.90. The van der Waals surface area contributed by atoms with Crippen molar-refractivity contribution in [2.75, 3.05) is 20.3 Å². The summed E-state index contributed by atoms with van der Waals surface area (Å²) in [5.41, 5.74) is 0.210. The number of hydrogen-bond acceptors (Lipinski definition) is 6. The predicted molar refractivity (Wildman–Crippen MR) is 66.3 cm³/mol. The molecular formula is C12H17NO6. The van der Waals surface area contributed by atoms with Gasteiger partial charge in [-0.3, -0.25) is 0 Å². The van der Waals surface area contributed by atoms with Crippen LogP contribution in [0.5, 0.6) is 0 Å². The van der Waals surface area contributed by atoms with Crippen LogP contribution < -0.4 is 5.32 Å². The molecule has 1 unspecified atom stereocenters. The van der Waals surface area contributed by atoms with E-state index in [-0.39, 0.29) is 18.8 Å². The molecule has 0 fully saturated rings. The minimum absolute atomic E-state index is 0.210. The van der Waals surface area contributed by atoms with Crippen LogP contribution in [0.25, 0.3) is 0 Å². The van der Waals surface area contributed by atoms with Crippen LogP contribution in [0, 0.1) is 0 Å². The van der Waals surface area contributed by atoms with E-state index in [4.69, 9.17) is 14.2 Å². The van der Waals surface area contributed by atoms with Crippen LogP contribution in [0.1, 0.15) is 6.92 Å². The standard InChI is InChI=1S/C12H17NO6/c1-5-10(14)17-6-9(19-12(16)13-4)7-18-11(15)8(2)3/h5,9H,1-2,6-7H2,3-4H3,(H,13,16). The average Bonchev–Trinajstić information content (AvgIpc) is 2.40. The normalized spacial score (nSPS) is 10.8. The van der Waals surface area contributed by atoms with Crippen molar-refractivity contribution in [1.82, 2.24) is 5.32 Å². The molecule has 7 nitrogen and oxygen atoms in total. The molecule has 1 N–H and O–H groups in total. The maximum absolute atomic E-state index is 11.2. The van der Waals surface area contributed by atoms with E-state index in [9.17, 15) is 14.4 Å². The zero-order valence-electron chi connectivity index (χ0n) is 10.9. The van der Waals surface area contributed by atoms with E-state index >= 15 is 0 Å². The second kappa shape index (κ2) is 8.73. The van der Waals surface area contributed by atoms with E-state index in [1.165, 1.54) is 14.0 Å². The Kier molecular flexibility index (Phi) is 7.67. The van der Waals surface area contributed by atoms with Gasteiger partial charge in [0.05, 0.1) is 0 Å². The predicted octanol–water partition coefficient (Wildman–Crippen LogP) is 0.559. The van der Waals surface area contributed by atoms with Crippen LogP contribution in [0.3, 0.4) is 0 Å². The fourth-order valence-corrected chi connectivity index (χ4v) is 0.852. The summed E-state index contributed by atoms with van der Waals surface area (Å²) in [6, 6.07) is 0. The Morgan fingerprint density at radius 2 is 1.84 bits per heavy atom. The monoisotopic (exact) mass is 271 g/mol. The number of carbonyl (C=O) groups is 3. The van der Waals surface area contributed by atoms with E-state index in [1.807, 2.05) is 0 Å². The van der Waals surface area contributed by atoms with Crippen molar-refractivity contribution in [3.8, 4) is 0 Å². The molecule has 106 valence electrons. The number of alkyl carbamates (subject to hydrolysis) is 1. The van der Waals surface area contributed by atoms with Gasteiger partial charge in [0.1, 0.15) is 13.2 Å². The highest BCUT2D eigenvalue weighted by atomic mass is 16.6. The van der Waals surface area contributed by atoms with Crippen molar-refractivity contribution in [2.45, 2.75) is 13.0 Å². The van der Waals surface area contributed by atoms with Crippen molar-refractivity contribution in [1.29, 1.82) is 0 Å². The van der Waals surface area contributed by atoms with Gasteiger partial charge in [-0.25, -0.2) is 14.4 Å². The lowest BCUT2D eigenvalue weighted by Crippen LogP contribution is -2.34. The molecule has 0 saturated carbocycles. The highest BCUT2D eigenvalue weighted by Crippen LogP contribution is 2.00. The second-order valence-corrected chi connectivity index (χ2v) is 3.49. The van der Waals surface area contributed by atoms with Gasteiger partial charge >= 0.3 is 18.0 Å². The third-order valence-corrected chi connectivity index (χ3v) is 1.80. The van der Waals surface area contributed by atoms with Crippen molar-refractivity contribution < 1.29 is 28.6 Å². The smallest absolute Gasteiger partial charge is 0.407 e. The Morgan fingerprint density at radius 1 is 1.26 bits per heavy atom. The van der Waals surface area contributed by atoms with E-state index in [0.29, 0.717) is 0 Å². The first-order valence-electron chi connectivity index (χ1n) is 5.40. The van der Waals surface area contributed by atoms with Gasteiger partial charge in [0.2, 0.25) is 0 Å². The summed E-state index contributed by atoms with van der Waals surface area (Å²) < 4.78 is 14.4. The molecule has 0 aliphatic heterocycles. The fourth-order valence-electron chi connectivity index (χ4n) is 0.852. The van der Waals surface area contributed by atoms with E-state index in [2.05, 4.69) is 18.5 Å². The number of amides is 1. The molecule has 0 radical (unpaired) electrons. The van der Waals surface area contributed by atoms with Crippen LogP contribution >= 0.6 is 0 Å². The van der Waals surface area contributed by atoms with Crippen LogP contribution in [0.2, 0.25) is 0 Å². The van der Waals surface area contributed by atoms with Crippen molar-refractivity contribution in [2.24, 2.45) is 0 Å². The molecule has 7 heteroatoms. The lowest BCUT2D eigenvalue weighted by atomic mass is 10.3. The Hall–Kier alpha value is -2.31. The summed E-state index contributed by atoms with van der Waals surface area (Å²) in [5.74, 6) is -1.29. The molecule has 0 aliphatic carbocycles. The van der Waals surface area contributed by atoms with Crippen LogP contribution in [0.4, 0.5) is 4.79 Å². The molecular weight excluding hydrogens is 254 g/mol. The maximum Gasteiger partial charge on any atom is 0.407 e. The molecule has 0 heterocycles. The van der Waals surface area contributed by atoms with Crippen LogP contribution in [-0.2, 0) is 23.8 Å². The third-order valence-electron chi connectivity index (χ3n) is 1.80. The second-order valence-electron chi connectivity index (χ2n) is 3.49. The Morgan fingerprint density at radius 3 is 2.32 bits per heavy atom. The fraction of sp³-hybridized carbons (Fsp3) is 0.417. The molecule has 0 aromatic rings. The summed E-state index contributed by atoms with van der Waals surface area (Å²) in [7, 11) is 1.37. The molecule has 0 bridgehead atoms. The number of nitrogens with one attached hydrogen (secondary N) is 1.